The summed E-state index contributed by atoms with van der Waals surface area (Å²) in [5.41, 5.74) is 0.103. The molecule has 1 aliphatic rings. The number of nitrogens with zero attached hydrogens (tertiary/aromatic N) is 1. The van der Waals surface area contributed by atoms with Gasteiger partial charge in [0.15, 0.2) is 0 Å². The van der Waals surface area contributed by atoms with Crippen molar-refractivity contribution in [3.63, 3.8) is 0 Å². The molecule has 1 fully saturated rings. The number of benzene rings is 2. The van der Waals surface area contributed by atoms with Crippen LogP contribution in [0.4, 0.5) is 0 Å². The maximum atomic E-state index is 13.0. The molecule has 0 radical (unpaired) electrons. The van der Waals surface area contributed by atoms with E-state index in [1.54, 1.807) is 0 Å². The Morgan fingerprint density at radius 3 is 2.32 bits per heavy atom. The molecule has 3 N–H and O–H groups in total. The Morgan fingerprint density at radius 1 is 1.00 bits per heavy atom. The molecule has 2 aromatic carbocycles. The van der Waals surface area contributed by atoms with Gasteiger partial charge in [0.1, 0.15) is 0 Å². The molecule has 4 rings (SSSR count). The van der Waals surface area contributed by atoms with Crippen molar-refractivity contribution in [3.05, 3.63) is 74.8 Å². The van der Waals surface area contributed by atoms with Gasteiger partial charge in [-0.2, -0.15) is 0 Å². The van der Waals surface area contributed by atoms with Crippen molar-refractivity contribution in [2.45, 2.75) is 30.7 Å². The summed E-state index contributed by atoms with van der Waals surface area (Å²) in [6.45, 7) is 4.33. The molecule has 0 saturated carbocycles. The highest BCUT2D eigenvalue weighted by molar-refractivity contribution is 7.89. The number of hydrogen-bond donors (Lipinski definition) is 3. The van der Waals surface area contributed by atoms with Crippen LogP contribution in [0.1, 0.15) is 31.4 Å². The van der Waals surface area contributed by atoms with Crippen molar-refractivity contribution in [2.75, 3.05) is 19.6 Å². The number of nitrogens with one attached hydrogen (secondary N) is 3. The number of likely N-dealkylation sites (tertiary alicyclic amines) is 1. The van der Waals surface area contributed by atoms with Crippen LogP contribution in [0.15, 0.2) is 63.0 Å². The zero-order valence-corrected chi connectivity index (χ0v) is 18.1. The summed E-state index contributed by atoms with van der Waals surface area (Å²) >= 11 is 0. The Morgan fingerprint density at radius 2 is 1.65 bits per heavy atom. The van der Waals surface area contributed by atoms with Crippen molar-refractivity contribution in [1.29, 1.82) is 0 Å². The highest BCUT2D eigenvalue weighted by atomic mass is 32.2. The van der Waals surface area contributed by atoms with Crippen molar-refractivity contribution < 1.29 is 8.42 Å². The first kappa shape index (κ1) is 21.5. The van der Waals surface area contributed by atoms with Gasteiger partial charge in [-0.1, -0.05) is 37.3 Å². The van der Waals surface area contributed by atoms with Crippen LogP contribution in [0.2, 0.25) is 0 Å². The molecule has 1 aliphatic heterocycles. The fourth-order valence-electron chi connectivity index (χ4n) is 4.01. The SMILES string of the molecule is CC1CCN(C(CNS(=O)(=O)c2ccc3[nH]c(=O)c(=O)[nH]c3c2)c2ccccc2)CC1. The number of aromatic amines is 2. The Balaban J connectivity index is 1.58. The number of H-pyrrole nitrogens is 2. The van der Waals surface area contributed by atoms with Gasteiger partial charge in [0.05, 0.1) is 15.9 Å². The van der Waals surface area contributed by atoms with E-state index in [0.29, 0.717) is 11.4 Å². The van der Waals surface area contributed by atoms with Crippen molar-refractivity contribution in [2.24, 2.45) is 5.92 Å². The summed E-state index contributed by atoms with van der Waals surface area (Å²) in [5.74, 6) is 0.676. The average molecular weight is 443 g/mol. The topological polar surface area (TPSA) is 115 Å². The van der Waals surface area contributed by atoms with E-state index < -0.39 is 21.1 Å². The van der Waals surface area contributed by atoms with Gasteiger partial charge in [-0.15, -0.1) is 0 Å². The monoisotopic (exact) mass is 442 g/mol. The predicted octanol–water partition coefficient (Wildman–Crippen LogP) is 1.97. The highest BCUT2D eigenvalue weighted by Crippen LogP contribution is 2.27. The fraction of sp³-hybridized carbons (Fsp3) is 0.364. The molecule has 1 saturated heterocycles. The number of sulfonamides is 1. The standard InChI is InChI=1S/C22H26N4O4S/c1-15-9-11-26(12-10-15)20(16-5-3-2-4-6-16)14-23-31(29,30)17-7-8-18-19(13-17)25-22(28)21(27)24-18/h2-8,13,15,20,23H,9-12,14H2,1H3,(H,24,27)(H,25,28). The van der Waals surface area contributed by atoms with Crippen molar-refractivity contribution in [1.82, 2.24) is 19.6 Å². The van der Waals surface area contributed by atoms with Gasteiger partial charge in [0.2, 0.25) is 10.0 Å². The van der Waals surface area contributed by atoms with Crippen LogP contribution >= 0.6 is 0 Å². The summed E-state index contributed by atoms with van der Waals surface area (Å²) in [6.07, 6.45) is 2.18. The second-order valence-corrected chi connectivity index (χ2v) is 9.88. The smallest absolute Gasteiger partial charge is 0.314 e. The molecule has 1 aromatic heterocycles. The summed E-state index contributed by atoms with van der Waals surface area (Å²) in [4.78, 5) is 30.3. The number of fused-ring (bicyclic) bond motifs is 1. The second kappa shape index (κ2) is 8.78. The van der Waals surface area contributed by atoms with E-state index in [0.717, 1.165) is 31.5 Å². The van der Waals surface area contributed by atoms with E-state index in [9.17, 15) is 18.0 Å². The van der Waals surface area contributed by atoms with Gasteiger partial charge in [-0.3, -0.25) is 14.5 Å². The average Bonchev–Trinajstić information content (AvgIpc) is 2.76. The lowest BCUT2D eigenvalue weighted by Gasteiger charge is -2.37. The second-order valence-electron chi connectivity index (χ2n) is 8.11. The third kappa shape index (κ3) is 4.79. The number of piperidine rings is 1. The first-order valence-corrected chi connectivity index (χ1v) is 11.9. The van der Waals surface area contributed by atoms with E-state index in [1.165, 1.54) is 18.2 Å². The molecule has 0 spiro atoms. The quantitative estimate of drug-likeness (QED) is 0.505. The van der Waals surface area contributed by atoms with Crippen LogP contribution in [-0.2, 0) is 10.0 Å². The molecule has 31 heavy (non-hydrogen) atoms. The van der Waals surface area contributed by atoms with Gasteiger partial charge in [-0.25, -0.2) is 13.1 Å². The third-order valence-electron chi connectivity index (χ3n) is 5.91. The summed E-state index contributed by atoms with van der Waals surface area (Å²) in [5, 5.41) is 0. The number of rotatable bonds is 6. The highest BCUT2D eigenvalue weighted by Gasteiger charge is 2.26. The largest absolute Gasteiger partial charge is 0.316 e. The minimum atomic E-state index is -3.82. The minimum absolute atomic E-state index is 0.0294. The predicted molar refractivity (Wildman–Crippen MR) is 120 cm³/mol. The Labute approximate surface area is 180 Å². The van der Waals surface area contributed by atoms with Crippen LogP contribution in [0.25, 0.3) is 11.0 Å². The summed E-state index contributed by atoms with van der Waals surface area (Å²) < 4.78 is 28.7. The van der Waals surface area contributed by atoms with Gasteiger partial charge >= 0.3 is 11.1 Å². The lowest BCUT2D eigenvalue weighted by atomic mass is 9.96. The maximum Gasteiger partial charge on any atom is 0.314 e. The zero-order chi connectivity index (χ0) is 22.0. The number of aromatic nitrogens is 2. The van der Waals surface area contributed by atoms with E-state index in [1.807, 2.05) is 30.3 Å². The Hall–Kier alpha value is -2.75. The summed E-state index contributed by atoms with van der Waals surface area (Å²) in [7, 11) is -3.82. The minimum Gasteiger partial charge on any atom is -0.316 e. The lowest BCUT2D eigenvalue weighted by Crippen LogP contribution is -2.41. The van der Waals surface area contributed by atoms with Crippen LogP contribution in [0, 0.1) is 5.92 Å². The molecule has 1 atom stereocenters. The number of hydrogen-bond acceptors (Lipinski definition) is 5. The molecule has 2 heterocycles. The van der Waals surface area contributed by atoms with Crippen molar-refractivity contribution in [3.8, 4) is 0 Å². The zero-order valence-electron chi connectivity index (χ0n) is 17.3. The molecule has 8 nitrogen and oxygen atoms in total. The molecule has 9 heteroatoms. The van der Waals surface area contributed by atoms with Crippen LogP contribution in [0.3, 0.4) is 0 Å². The van der Waals surface area contributed by atoms with Crippen LogP contribution in [0.5, 0.6) is 0 Å². The van der Waals surface area contributed by atoms with Gasteiger partial charge in [-0.05, 0) is 55.6 Å². The summed E-state index contributed by atoms with van der Waals surface area (Å²) in [6, 6.07) is 14.1. The van der Waals surface area contributed by atoms with E-state index in [4.69, 9.17) is 0 Å². The molecular formula is C22H26N4O4S. The Bertz CT molecular complexity index is 1280. The van der Waals surface area contributed by atoms with E-state index in [-0.39, 0.29) is 23.0 Å². The molecule has 1 unspecified atom stereocenters. The maximum absolute atomic E-state index is 13.0. The molecule has 0 aliphatic carbocycles. The normalized spacial score (nSPS) is 17.1. The lowest BCUT2D eigenvalue weighted by molar-refractivity contribution is 0.139. The molecule has 164 valence electrons. The molecule has 3 aromatic rings. The molecule has 0 amide bonds. The van der Waals surface area contributed by atoms with E-state index >= 15 is 0 Å². The first-order chi connectivity index (χ1) is 14.8. The molecular weight excluding hydrogens is 416 g/mol. The van der Waals surface area contributed by atoms with Gasteiger partial charge in [0.25, 0.3) is 0 Å². The Kier molecular flexibility index (Phi) is 6.08. The molecule has 0 bridgehead atoms. The van der Waals surface area contributed by atoms with Crippen LogP contribution < -0.4 is 15.8 Å². The third-order valence-corrected chi connectivity index (χ3v) is 7.34. The first-order valence-electron chi connectivity index (χ1n) is 10.4. The van der Waals surface area contributed by atoms with Gasteiger partial charge < -0.3 is 9.97 Å². The van der Waals surface area contributed by atoms with E-state index in [2.05, 4.69) is 26.5 Å². The van der Waals surface area contributed by atoms with Crippen LogP contribution in [-0.4, -0.2) is 42.9 Å². The van der Waals surface area contributed by atoms with Crippen molar-refractivity contribution >= 4 is 21.1 Å². The fourth-order valence-corrected chi connectivity index (χ4v) is 5.07. The van der Waals surface area contributed by atoms with Gasteiger partial charge in [0, 0.05) is 12.6 Å².